The maximum Gasteiger partial charge on any atom is 0.217 e. The number of carbonyl (C=O) groups is 1. The molecule has 0 aliphatic carbocycles. The van der Waals surface area contributed by atoms with Gasteiger partial charge in [-0.15, -0.1) is 0 Å². The van der Waals surface area contributed by atoms with Crippen molar-refractivity contribution >= 4 is 23.3 Å². The molecule has 7 heteroatoms. The third kappa shape index (κ3) is 2.64. The Labute approximate surface area is 110 Å². The summed E-state index contributed by atoms with van der Waals surface area (Å²) in [5.41, 5.74) is 0. The molecule has 1 amide bonds. The monoisotopic (exact) mass is 270 g/mol. The Balaban J connectivity index is 2.14. The summed E-state index contributed by atoms with van der Waals surface area (Å²) >= 11 is 5.96. The first-order valence-corrected chi connectivity index (χ1v) is 6.06. The fourth-order valence-corrected chi connectivity index (χ4v) is 2.31. The minimum absolute atomic E-state index is 0.0189. The van der Waals surface area contributed by atoms with E-state index >= 15 is 0 Å². The van der Waals surface area contributed by atoms with Crippen molar-refractivity contribution in [2.24, 2.45) is 0 Å². The third-order valence-electron chi connectivity index (χ3n) is 2.84. The Bertz CT molecular complexity index is 455. The lowest BCUT2D eigenvalue weighted by atomic mass is 10.3. The van der Waals surface area contributed by atoms with Gasteiger partial charge in [-0.05, 0) is 6.42 Å². The molecule has 0 bridgehead atoms. The van der Waals surface area contributed by atoms with Gasteiger partial charge >= 0.3 is 0 Å². The second kappa shape index (κ2) is 5.39. The van der Waals surface area contributed by atoms with Gasteiger partial charge in [0.15, 0.2) is 16.7 Å². The molecule has 6 nitrogen and oxygen atoms in total. The Kier molecular flexibility index (Phi) is 3.86. The summed E-state index contributed by atoms with van der Waals surface area (Å²) in [4.78, 5) is 21.1. The van der Waals surface area contributed by atoms with E-state index in [1.807, 2.05) is 4.90 Å². The average Bonchev–Trinajstić information content (AvgIpc) is 2.76. The molecule has 0 spiro atoms. The minimum Gasteiger partial charge on any atom is -0.490 e. The summed E-state index contributed by atoms with van der Waals surface area (Å²) in [5.74, 6) is 1.13. The number of halogens is 1. The highest BCUT2D eigenvalue weighted by Crippen LogP contribution is 2.33. The van der Waals surface area contributed by atoms with Gasteiger partial charge in [-0.2, -0.15) is 0 Å². The molecule has 1 unspecified atom stereocenters. The van der Waals surface area contributed by atoms with Crippen LogP contribution in [-0.2, 0) is 4.79 Å². The van der Waals surface area contributed by atoms with Crippen molar-refractivity contribution in [3.63, 3.8) is 0 Å². The van der Waals surface area contributed by atoms with E-state index < -0.39 is 0 Å². The number of nitrogens with zero attached hydrogens (tertiary/aromatic N) is 3. The maximum atomic E-state index is 11.0. The number of aromatic nitrogens is 2. The van der Waals surface area contributed by atoms with Crippen LogP contribution in [0.5, 0.6) is 5.75 Å². The van der Waals surface area contributed by atoms with Crippen molar-refractivity contribution in [1.29, 1.82) is 0 Å². The Morgan fingerprint density at radius 1 is 1.61 bits per heavy atom. The SMILES string of the molecule is COc1c(Cl)ncnc1N1CCC(NC(C)=O)C1. The van der Waals surface area contributed by atoms with Crippen molar-refractivity contribution in [2.45, 2.75) is 19.4 Å². The Morgan fingerprint density at radius 2 is 2.39 bits per heavy atom. The van der Waals surface area contributed by atoms with Gasteiger partial charge in [0.25, 0.3) is 0 Å². The second-order valence-electron chi connectivity index (χ2n) is 4.15. The molecule has 98 valence electrons. The predicted molar refractivity (Wildman–Crippen MR) is 68.0 cm³/mol. The first-order valence-electron chi connectivity index (χ1n) is 5.68. The highest BCUT2D eigenvalue weighted by atomic mass is 35.5. The summed E-state index contributed by atoms with van der Waals surface area (Å²) in [5, 5.41) is 3.19. The highest BCUT2D eigenvalue weighted by molar-refractivity contribution is 6.31. The molecule has 1 N–H and O–H groups in total. The molecule has 0 saturated carbocycles. The van der Waals surface area contributed by atoms with Crippen molar-refractivity contribution in [3.8, 4) is 5.75 Å². The summed E-state index contributed by atoms with van der Waals surface area (Å²) in [6.07, 6.45) is 2.29. The molecule has 1 aromatic heterocycles. The van der Waals surface area contributed by atoms with Crippen molar-refractivity contribution < 1.29 is 9.53 Å². The zero-order valence-electron chi connectivity index (χ0n) is 10.3. The van der Waals surface area contributed by atoms with Crippen LogP contribution in [0.15, 0.2) is 6.33 Å². The maximum absolute atomic E-state index is 11.0. The molecule has 1 aliphatic heterocycles. The van der Waals surface area contributed by atoms with E-state index in [1.165, 1.54) is 20.4 Å². The van der Waals surface area contributed by atoms with Gasteiger partial charge in [-0.3, -0.25) is 4.79 Å². The van der Waals surface area contributed by atoms with Crippen LogP contribution in [-0.4, -0.2) is 42.1 Å². The van der Waals surface area contributed by atoms with Crippen molar-refractivity contribution in [1.82, 2.24) is 15.3 Å². The number of nitrogens with one attached hydrogen (secondary N) is 1. The topological polar surface area (TPSA) is 67.4 Å². The molecule has 1 fully saturated rings. The summed E-state index contributed by atoms with van der Waals surface area (Å²) in [7, 11) is 1.54. The Hall–Kier alpha value is -1.56. The van der Waals surface area contributed by atoms with Crippen molar-refractivity contribution in [2.75, 3.05) is 25.1 Å². The van der Waals surface area contributed by atoms with E-state index in [2.05, 4.69) is 15.3 Å². The lowest BCUT2D eigenvalue weighted by Gasteiger charge is -2.20. The number of hydrogen-bond acceptors (Lipinski definition) is 5. The fourth-order valence-electron chi connectivity index (χ4n) is 2.10. The molecule has 0 radical (unpaired) electrons. The molecular weight excluding hydrogens is 256 g/mol. The van der Waals surface area contributed by atoms with Crippen LogP contribution < -0.4 is 15.0 Å². The second-order valence-corrected chi connectivity index (χ2v) is 4.51. The van der Waals surface area contributed by atoms with E-state index in [0.717, 1.165) is 13.0 Å². The summed E-state index contributed by atoms with van der Waals surface area (Å²) in [6.45, 7) is 3.02. The van der Waals surface area contributed by atoms with Crippen molar-refractivity contribution in [3.05, 3.63) is 11.5 Å². The molecule has 1 atom stereocenters. The van der Waals surface area contributed by atoms with Gasteiger partial charge < -0.3 is 15.0 Å². The standard InChI is InChI=1S/C11H15ClN4O2/c1-7(17)15-8-3-4-16(5-8)11-9(18-2)10(12)13-6-14-11/h6,8H,3-5H2,1-2H3,(H,15,17). The fraction of sp³-hybridized carbons (Fsp3) is 0.545. The highest BCUT2D eigenvalue weighted by Gasteiger charge is 2.27. The largest absolute Gasteiger partial charge is 0.490 e. The number of anilines is 1. The minimum atomic E-state index is -0.0189. The van der Waals surface area contributed by atoms with Crippen LogP contribution in [0.4, 0.5) is 5.82 Å². The normalized spacial score (nSPS) is 18.8. The number of carbonyl (C=O) groups excluding carboxylic acids is 1. The van der Waals surface area contributed by atoms with Crippen LogP contribution in [0.25, 0.3) is 0 Å². The molecule has 2 rings (SSSR count). The van der Waals surface area contributed by atoms with Gasteiger partial charge in [-0.1, -0.05) is 11.6 Å². The summed E-state index contributed by atoms with van der Waals surface area (Å²) < 4.78 is 5.22. The molecule has 1 saturated heterocycles. The van der Waals surface area contributed by atoms with Crippen LogP contribution in [0, 0.1) is 0 Å². The number of hydrogen-bond donors (Lipinski definition) is 1. The molecule has 2 heterocycles. The molecule has 1 aliphatic rings. The molecule has 1 aromatic rings. The lowest BCUT2D eigenvalue weighted by Crippen LogP contribution is -2.35. The third-order valence-corrected chi connectivity index (χ3v) is 3.11. The first-order chi connectivity index (χ1) is 8.61. The smallest absolute Gasteiger partial charge is 0.217 e. The quantitative estimate of drug-likeness (QED) is 0.825. The number of ether oxygens (including phenoxy) is 1. The number of amides is 1. The van der Waals surface area contributed by atoms with Crippen LogP contribution in [0.2, 0.25) is 5.15 Å². The van der Waals surface area contributed by atoms with E-state index in [-0.39, 0.29) is 11.9 Å². The van der Waals surface area contributed by atoms with Gasteiger partial charge in [0.2, 0.25) is 5.91 Å². The van der Waals surface area contributed by atoms with E-state index in [4.69, 9.17) is 16.3 Å². The first kappa shape index (κ1) is 12.9. The zero-order valence-corrected chi connectivity index (χ0v) is 11.1. The molecular formula is C11H15ClN4O2. The predicted octanol–water partition coefficient (Wildman–Crippen LogP) is 0.853. The Morgan fingerprint density at radius 3 is 3.06 bits per heavy atom. The number of methoxy groups -OCH3 is 1. The van der Waals surface area contributed by atoms with Crippen LogP contribution >= 0.6 is 11.6 Å². The number of rotatable bonds is 3. The molecule has 0 aromatic carbocycles. The lowest BCUT2D eigenvalue weighted by molar-refractivity contribution is -0.119. The zero-order chi connectivity index (χ0) is 13.1. The van der Waals surface area contributed by atoms with Gasteiger partial charge in [0, 0.05) is 26.1 Å². The summed E-state index contributed by atoms with van der Waals surface area (Å²) in [6, 6.07) is 0.140. The van der Waals surface area contributed by atoms with E-state index in [0.29, 0.717) is 23.3 Å². The van der Waals surface area contributed by atoms with Gasteiger partial charge in [0.05, 0.1) is 7.11 Å². The van der Waals surface area contributed by atoms with Crippen LogP contribution in [0.1, 0.15) is 13.3 Å². The van der Waals surface area contributed by atoms with Gasteiger partial charge in [-0.25, -0.2) is 9.97 Å². The van der Waals surface area contributed by atoms with E-state index in [1.54, 1.807) is 0 Å². The van der Waals surface area contributed by atoms with E-state index in [9.17, 15) is 4.79 Å². The molecule has 18 heavy (non-hydrogen) atoms. The van der Waals surface area contributed by atoms with Gasteiger partial charge in [0.1, 0.15) is 6.33 Å². The van der Waals surface area contributed by atoms with Crippen LogP contribution in [0.3, 0.4) is 0 Å². The average molecular weight is 271 g/mol.